The zero-order valence-electron chi connectivity index (χ0n) is 9.78. The van der Waals surface area contributed by atoms with Gasteiger partial charge in [-0.3, -0.25) is 0 Å². The second-order valence-corrected chi connectivity index (χ2v) is 5.63. The molecule has 2 aromatic rings. The van der Waals surface area contributed by atoms with Gasteiger partial charge in [-0.15, -0.1) is 0 Å². The molecule has 0 atom stereocenters. The molecule has 0 aliphatic carbocycles. The molecular weight excluding hydrogens is 406 g/mol. The van der Waals surface area contributed by atoms with Crippen molar-refractivity contribution in [3.63, 3.8) is 0 Å². The van der Waals surface area contributed by atoms with Crippen molar-refractivity contribution in [1.29, 1.82) is 0 Å². The molecule has 0 fully saturated rings. The summed E-state index contributed by atoms with van der Waals surface area (Å²) < 4.78 is 54.1. The minimum absolute atomic E-state index is 0.0274. The summed E-state index contributed by atoms with van der Waals surface area (Å²) in [6.45, 7) is -0.310. The predicted octanol–water partition coefficient (Wildman–Crippen LogP) is 5.38. The molecule has 20 heavy (non-hydrogen) atoms. The van der Waals surface area contributed by atoms with E-state index in [-0.39, 0.29) is 26.7 Å². The quantitative estimate of drug-likeness (QED) is 0.527. The minimum Gasteiger partial charge on any atom is -0.378 e. The fourth-order valence-corrected chi connectivity index (χ4v) is 2.26. The van der Waals surface area contributed by atoms with Crippen molar-refractivity contribution in [2.75, 3.05) is 5.32 Å². The van der Waals surface area contributed by atoms with Crippen LogP contribution >= 0.6 is 31.9 Å². The summed E-state index contributed by atoms with van der Waals surface area (Å²) >= 11 is 5.77. The molecule has 2 rings (SSSR count). The second-order valence-electron chi connectivity index (χ2n) is 3.92. The van der Waals surface area contributed by atoms with Crippen molar-refractivity contribution in [3.8, 4) is 0 Å². The number of rotatable bonds is 3. The summed E-state index contributed by atoms with van der Waals surface area (Å²) in [4.78, 5) is 0. The maximum atomic E-state index is 13.7. The van der Waals surface area contributed by atoms with Crippen LogP contribution < -0.4 is 5.32 Å². The lowest BCUT2D eigenvalue weighted by Gasteiger charge is -2.11. The Hall–Kier alpha value is -1.08. The van der Waals surface area contributed by atoms with Crippen LogP contribution in [-0.2, 0) is 6.54 Å². The van der Waals surface area contributed by atoms with E-state index < -0.39 is 23.3 Å². The molecule has 0 bridgehead atoms. The van der Waals surface area contributed by atoms with E-state index >= 15 is 0 Å². The van der Waals surface area contributed by atoms with Gasteiger partial charge in [0.05, 0.1) is 14.6 Å². The molecule has 106 valence electrons. The van der Waals surface area contributed by atoms with Crippen LogP contribution in [0.15, 0.2) is 33.2 Å². The Labute approximate surface area is 129 Å². The zero-order valence-corrected chi connectivity index (χ0v) is 13.0. The molecule has 1 nitrogen and oxygen atoms in total. The number of hydrogen-bond donors (Lipinski definition) is 1. The van der Waals surface area contributed by atoms with Gasteiger partial charge in [-0.25, -0.2) is 17.6 Å². The van der Waals surface area contributed by atoms with Gasteiger partial charge in [0.15, 0.2) is 0 Å². The summed E-state index contributed by atoms with van der Waals surface area (Å²) in [5.41, 5.74) is -0.438. The van der Waals surface area contributed by atoms with E-state index in [0.717, 1.165) is 18.2 Å². The van der Waals surface area contributed by atoms with Gasteiger partial charge < -0.3 is 5.32 Å². The second kappa shape index (κ2) is 6.13. The Bertz CT molecular complexity index is 661. The molecule has 0 unspecified atom stereocenters. The first kappa shape index (κ1) is 15.3. The van der Waals surface area contributed by atoms with Gasteiger partial charge in [-0.2, -0.15) is 0 Å². The topological polar surface area (TPSA) is 12.0 Å². The van der Waals surface area contributed by atoms with E-state index in [4.69, 9.17) is 0 Å². The number of halogens is 6. The van der Waals surface area contributed by atoms with Gasteiger partial charge in [-0.05, 0) is 50.1 Å². The van der Waals surface area contributed by atoms with Gasteiger partial charge in [-0.1, -0.05) is 0 Å². The van der Waals surface area contributed by atoms with Crippen molar-refractivity contribution in [2.24, 2.45) is 0 Å². The largest absolute Gasteiger partial charge is 0.378 e. The summed E-state index contributed by atoms with van der Waals surface area (Å²) in [6, 6.07) is 4.16. The van der Waals surface area contributed by atoms with Gasteiger partial charge in [0.2, 0.25) is 0 Å². The molecule has 0 radical (unpaired) electrons. The third-order valence-corrected chi connectivity index (χ3v) is 3.82. The van der Waals surface area contributed by atoms with E-state index in [2.05, 4.69) is 37.2 Å². The van der Waals surface area contributed by atoms with Crippen LogP contribution in [0.2, 0.25) is 0 Å². The van der Waals surface area contributed by atoms with Crippen molar-refractivity contribution in [3.05, 3.63) is 62.0 Å². The van der Waals surface area contributed by atoms with Gasteiger partial charge >= 0.3 is 0 Å². The number of hydrogen-bond acceptors (Lipinski definition) is 1. The van der Waals surface area contributed by atoms with Crippen molar-refractivity contribution >= 4 is 37.5 Å². The molecular formula is C13H7Br2F4N. The first-order valence-electron chi connectivity index (χ1n) is 5.41. The highest BCUT2D eigenvalue weighted by Gasteiger charge is 2.14. The maximum absolute atomic E-state index is 13.7. The van der Waals surface area contributed by atoms with E-state index in [0.29, 0.717) is 0 Å². The summed E-state index contributed by atoms with van der Waals surface area (Å²) in [6.07, 6.45) is 0. The molecule has 0 aliphatic rings. The van der Waals surface area contributed by atoms with Gasteiger partial charge in [0.25, 0.3) is 0 Å². The Morgan fingerprint density at radius 2 is 1.55 bits per heavy atom. The number of nitrogens with one attached hydrogen (secondary N) is 1. The molecule has 0 saturated carbocycles. The molecule has 7 heteroatoms. The molecule has 0 heterocycles. The molecule has 0 aliphatic heterocycles. The highest BCUT2D eigenvalue weighted by molar-refractivity contribution is 9.10. The summed E-state index contributed by atoms with van der Waals surface area (Å²) in [5, 5.41) is 2.47. The first-order valence-corrected chi connectivity index (χ1v) is 6.99. The normalized spacial score (nSPS) is 10.7. The summed E-state index contributed by atoms with van der Waals surface area (Å²) in [7, 11) is 0. The van der Waals surface area contributed by atoms with E-state index in [1.165, 1.54) is 6.07 Å². The highest BCUT2D eigenvalue weighted by Crippen LogP contribution is 2.26. The smallest absolute Gasteiger partial charge is 0.147 e. The molecule has 0 spiro atoms. The van der Waals surface area contributed by atoms with E-state index in [1.54, 1.807) is 0 Å². The van der Waals surface area contributed by atoms with Crippen molar-refractivity contribution < 1.29 is 17.6 Å². The van der Waals surface area contributed by atoms with Crippen molar-refractivity contribution in [2.45, 2.75) is 6.54 Å². The molecule has 2 aromatic carbocycles. The molecule has 1 N–H and O–H groups in total. The Morgan fingerprint density at radius 3 is 2.25 bits per heavy atom. The van der Waals surface area contributed by atoms with Crippen LogP contribution in [0.1, 0.15) is 5.56 Å². The SMILES string of the molecule is Fc1cc(NCc2c(F)ccc(Br)c2F)c(F)cc1Br. The minimum atomic E-state index is -0.782. The Kier molecular flexibility index (Phi) is 4.70. The van der Waals surface area contributed by atoms with Gasteiger partial charge in [0.1, 0.15) is 23.3 Å². The monoisotopic (exact) mass is 411 g/mol. The average molecular weight is 413 g/mol. The third-order valence-electron chi connectivity index (χ3n) is 2.60. The lowest BCUT2D eigenvalue weighted by molar-refractivity contribution is 0.554. The molecule has 0 amide bonds. The van der Waals surface area contributed by atoms with E-state index in [9.17, 15) is 17.6 Å². The lowest BCUT2D eigenvalue weighted by atomic mass is 10.2. The van der Waals surface area contributed by atoms with Crippen LogP contribution in [0, 0.1) is 23.3 Å². The van der Waals surface area contributed by atoms with Crippen LogP contribution in [-0.4, -0.2) is 0 Å². The maximum Gasteiger partial charge on any atom is 0.147 e. The Balaban J connectivity index is 2.26. The standard InChI is InChI=1S/C13H7Br2F4N/c14-7-1-2-9(16)6(13(7)19)5-20-12-4-10(17)8(15)3-11(12)18/h1-4,20H,5H2. The van der Waals surface area contributed by atoms with Crippen LogP contribution in [0.4, 0.5) is 23.2 Å². The third kappa shape index (κ3) is 3.15. The average Bonchev–Trinajstić information content (AvgIpc) is 2.40. The Morgan fingerprint density at radius 1 is 0.850 bits per heavy atom. The van der Waals surface area contributed by atoms with Crippen LogP contribution in [0.25, 0.3) is 0 Å². The fraction of sp³-hybridized carbons (Fsp3) is 0.0769. The summed E-state index contributed by atoms with van der Waals surface area (Å²) in [5.74, 6) is -2.95. The highest BCUT2D eigenvalue weighted by atomic mass is 79.9. The molecule has 0 aromatic heterocycles. The van der Waals surface area contributed by atoms with E-state index in [1.807, 2.05) is 0 Å². The predicted molar refractivity (Wildman–Crippen MR) is 75.4 cm³/mol. The molecule has 0 saturated heterocycles. The van der Waals surface area contributed by atoms with Crippen LogP contribution in [0.3, 0.4) is 0 Å². The fourth-order valence-electron chi connectivity index (χ4n) is 1.57. The van der Waals surface area contributed by atoms with Gasteiger partial charge in [0, 0.05) is 18.2 Å². The number of anilines is 1. The number of benzene rings is 2. The lowest BCUT2D eigenvalue weighted by Crippen LogP contribution is -2.07. The van der Waals surface area contributed by atoms with Crippen LogP contribution in [0.5, 0.6) is 0 Å². The zero-order chi connectivity index (χ0) is 14.9. The first-order chi connectivity index (χ1) is 9.40. The van der Waals surface area contributed by atoms with Crippen molar-refractivity contribution in [1.82, 2.24) is 0 Å².